The minimum Gasteiger partial charge on any atom is -0.361 e. The Balaban J connectivity index is 2.17. The van der Waals surface area contributed by atoms with Crippen LogP contribution in [0.3, 0.4) is 0 Å². The van der Waals surface area contributed by atoms with Gasteiger partial charge in [-0.3, -0.25) is 0 Å². The predicted molar refractivity (Wildman–Crippen MR) is 77.4 cm³/mol. The summed E-state index contributed by atoms with van der Waals surface area (Å²) in [7, 11) is 1.61. The molecule has 1 aromatic rings. The summed E-state index contributed by atoms with van der Waals surface area (Å²) in [6, 6.07) is 6.02. The number of benzene rings is 1. The van der Waals surface area contributed by atoms with Crippen LogP contribution in [0.4, 0.5) is 10.5 Å². The van der Waals surface area contributed by atoms with Crippen LogP contribution in [-0.2, 0) is 0 Å². The third-order valence-electron chi connectivity index (χ3n) is 2.56. The molecule has 102 valence electrons. The molecule has 7 nitrogen and oxygen atoms in total. The molecule has 0 aliphatic carbocycles. The van der Waals surface area contributed by atoms with Gasteiger partial charge >= 0.3 is 11.7 Å². The Bertz CT molecular complexity index is 657. The number of carbonyl (C=O) groups is 1. The van der Waals surface area contributed by atoms with E-state index in [-0.39, 0.29) is 11.5 Å². The Morgan fingerprint density at radius 1 is 1.45 bits per heavy atom. The maximum Gasteiger partial charge on any atom is 0.382 e. The number of aliphatic imine (C=N–C) groups is 1. The van der Waals surface area contributed by atoms with Crippen molar-refractivity contribution in [2.45, 2.75) is 6.92 Å². The summed E-state index contributed by atoms with van der Waals surface area (Å²) in [5, 5.41) is 8.54. The van der Waals surface area contributed by atoms with E-state index in [1.807, 2.05) is 0 Å². The molecule has 0 fully saturated rings. The quantitative estimate of drug-likeness (QED) is 0.634. The van der Waals surface area contributed by atoms with Crippen LogP contribution in [-0.4, -0.2) is 40.1 Å². The Labute approximate surface area is 120 Å². The molecule has 20 heavy (non-hydrogen) atoms. The van der Waals surface area contributed by atoms with Crippen LogP contribution in [0.25, 0.3) is 5.53 Å². The van der Waals surface area contributed by atoms with Gasteiger partial charge in [-0.1, -0.05) is 11.6 Å². The number of halogens is 1. The molecule has 0 unspecified atom stereocenters. The molecule has 1 heterocycles. The molecule has 0 atom stereocenters. The lowest BCUT2D eigenvalue weighted by Crippen LogP contribution is -2.27. The van der Waals surface area contributed by atoms with Gasteiger partial charge in [0, 0.05) is 17.8 Å². The molecule has 0 spiro atoms. The van der Waals surface area contributed by atoms with Crippen molar-refractivity contribution in [3.63, 3.8) is 0 Å². The van der Waals surface area contributed by atoms with E-state index in [1.54, 1.807) is 38.2 Å². The standard InChI is InChI=1S/C12H11ClN6O/c1-7-10(17-14)11(19(2)18-7)16-12(20)15-9-5-3-8(13)4-6-9/h3-6H,1-2H3,(H,15,20)/b16-11+. The van der Waals surface area contributed by atoms with E-state index in [9.17, 15) is 4.79 Å². The van der Waals surface area contributed by atoms with E-state index in [0.29, 0.717) is 16.4 Å². The summed E-state index contributed by atoms with van der Waals surface area (Å²) in [4.78, 5) is 18.7. The molecule has 1 aliphatic heterocycles. The van der Waals surface area contributed by atoms with Crippen molar-refractivity contribution < 1.29 is 9.58 Å². The summed E-state index contributed by atoms with van der Waals surface area (Å²) in [6.07, 6.45) is 0. The Morgan fingerprint density at radius 3 is 2.70 bits per heavy atom. The number of hydrogen-bond acceptors (Lipinski definition) is 2. The van der Waals surface area contributed by atoms with Crippen LogP contribution in [0.15, 0.2) is 34.4 Å². The van der Waals surface area contributed by atoms with Crippen LogP contribution in [0.2, 0.25) is 5.02 Å². The molecule has 0 aromatic heterocycles. The smallest absolute Gasteiger partial charge is 0.361 e. The number of rotatable bonds is 1. The lowest BCUT2D eigenvalue weighted by molar-refractivity contribution is 0.00156. The first-order chi connectivity index (χ1) is 9.51. The van der Waals surface area contributed by atoms with Gasteiger partial charge < -0.3 is 10.8 Å². The summed E-state index contributed by atoms with van der Waals surface area (Å²) in [6.45, 7) is 1.66. The Kier molecular flexibility index (Phi) is 3.93. The number of anilines is 1. The van der Waals surface area contributed by atoms with Crippen LogP contribution in [0.5, 0.6) is 0 Å². The zero-order valence-electron chi connectivity index (χ0n) is 10.8. The van der Waals surface area contributed by atoms with Gasteiger partial charge in [0.15, 0.2) is 5.71 Å². The van der Waals surface area contributed by atoms with E-state index in [0.717, 1.165) is 0 Å². The van der Waals surface area contributed by atoms with E-state index in [2.05, 4.69) is 20.2 Å². The molecule has 8 heteroatoms. The molecule has 0 saturated heterocycles. The average Bonchev–Trinajstić information content (AvgIpc) is 2.66. The SMILES string of the molecule is CC1=NN(C)/C(=N/C(=O)Nc2ccc(Cl)cc2)C1=[N+]=[N-]. The molecule has 2 rings (SSSR count). The predicted octanol–water partition coefficient (Wildman–Crippen LogP) is 2.26. The van der Waals surface area contributed by atoms with Gasteiger partial charge in [-0.05, 0) is 31.2 Å². The van der Waals surface area contributed by atoms with E-state index in [1.165, 1.54) is 5.01 Å². The third-order valence-corrected chi connectivity index (χ3v) is 2.82. The Hall–Kier alpha value is -2.50. The average molecular weight is 291 g/mol. The summed E-state index contributed by atoms with van der Waals surface area (Å²) >= 11 is 5.75. The highest BCUT2D eigenvalue weighted by atomic mass is 35.5. The van der Waals surface area contributed by atoms with Gasteiger partial charge in [-0.25, -0.2) is 9.80 Å². The topological polar surface area (TPSA) is 93.5 Å². The van der Waals surface area contributed by atoms with Crippen molar-refractivity contribution in [1.29, 1.82) is 0 Å². The second-order valence-electron chi connectivity index (χ2n) is 4.03. The molecule has 0 saturated carbocycles. The number of hydrogen-bond donors (Lipinski definition) is 1. The number of carbonyl (C=O) groups excluding carboxylic acids is 1. The van der Waals surface area contributed by atoms with Crippen LogP contribution in [0, 0.1) is 0 Å². The number of nitrogens with one attached hydrogen (secondary N) is 1. The van der Waals surface area contributed by atoms with Crippen LogP contribution < -0.4 is 5.32 Å². The number of urea groups is 1. The van der Waals surface area contributed by atoms with E-state index in [4.69, 9.17) is 17.1 Å². The molecule has 1 aliphatic rings. The largest absolute Gasteiger partial charge is 0.382 e. The second kappa shape index (κ2) is 5.64. The zero-order chi connectivity index (χ0) is 14.7. The van der Waals surface area contributed by atoms with Crippen molar-refractivity contribution in [3.05, 3.63) is 34.8 Å². The van der Waals surface area contributed by atoms with Gasteiger partial charge in [0.05, 0.1) is 0 Å². The summed E-state index contributed by atoms with van der Waals surface area (Å²) < 4.78 is 0. The lowest BCUT2D eigenvalue weighted by atomic mass is 10.2. The molecule has 0 radical (unpaired) electrons. The van der Waals surface area contributed by atoms with E-state index < -0.39 is 6.03 Å². The third kappa shape index (κ3) is 2.90. The van der Waals surface area contributed by atoms with Gasteiger partial charge in [0.2, 0.25) is 5.84 Å². The van der Waals surface area contributed by atoms with Crippen molar-refractivity contribution in [2.75, 3.05) is 12.4 Å². The fourth-order valence-electron chi connectivity index (χ4n) is 1.66. The molecule has 1 aromatic carbocycles. The van der Waals surface area contributed by atoms with Crippen molar-refractivity contribution in [3.8, 4) is 0 Å². The molecule has 2 amide bonds. The maximum atomic E-state index is 11.8. The maximum absolute atomic E-state index is 11.8. The monoisotopic (exact) mass is 290 g/mol. The highest BCUT2D eigenvalue weighted by molar-refractivity contribution is 6.68. The van der Waals surface area contributed by atoms with Crippen molar-refractivity contribution >= 4 is 40.6 Å². The first kappa shape index (κ1) is 13.9. The molecule has 1 N–H and O–H groups in total. The molecular weight excluding hydrogens is 280 g/mol. The first-order valence-corrected chi connectivity index (χ1v) is 6.06. The lowest BCUT2D eigenvalue weighted by Gasteiger charge is -2.05. The van der Waals surface area contributed by atoms with Gasteiger partial charge in [-0.2, -0.15) is 14.9 Å². The number of amidine groups is 1. The van der Waals surface area contributed by atoms with Gasteiger partial charge in [-0.15, -0.1) is 0 Å². The summed E-state index contributed by atoms with van der Waals surface area (Å²) in [5.74, 6) is 0.177. The minimum atomic E-state index is -0.597. The van der Waals surface area contributed by atoms with Crippen molar-refractivity contribution in [2.24, 2.45) is 10.1 Å². The fourth-order valence-corrected chi connectivity index (χ4v) is 1.78. The number of hydrazone groups is 1. The molecular formula is C12H11ClN6O. The Morgan fingerprint density at radius 2 is 2.10 bits per heavy atom. The zero-order valence-corrected chi connectivity index (χ0v) is 11.6. The number of nitrogens with zero attached hydrogens (tertiary/aromatic N) is 5. The van der Waals surface area contributed by atoms with Crippen molar-refractivity contribution in [1.82, 2.24) is 5.01 Å². The minimum absolute atomic E-state index is 0.166. The van der Waals surface area contributed by atoms with Gasteiger partial charge in [0.1, 0.15) is 0 Å². The second-order valence-corrected chi connectivity index (χ2v) is 4.47. The normalized spacial score (nSPS) is 16.1. The molecule has 0 bridgehead atoms. The fraction of sp³-hybridized carbons (Fsp3) is 0.167. The highest BCUT2D eigenvalue weighted by Crippen LogP contribution is 2.13. The van der Waals surface area contributed by atoms with Crippen LogP contribution in [0.1, 0.15) is 6.92 Å². The van der Waals surface area contributed by atoms with E-state index >= 15 is 0 Å². The first-order valence-electron chi connectivity index (χ1n) is 5.68. The highest BCUT2D eigenvalue weighted by Gasteiger charge is 2.32. The van der Waals surface area contributed by atoms with Crippen LogP contribution >= 0.6 is 11.6 Å². The van der Waals surface area contributed by atoms with Gasteiger partial charge in [0.25, 0.3) is 0 Å². The number of amides is 2. The summed E-state index contributed by atoms with van der Waals surface area (Å²) in [5.41, 5.74) is 10.1.